The molecule has 0 aromatic carbocycles. The van der Waals surface area contributed by atoms with Crippen LogP contribution in [0.15, 0.2) is 0 Å². The van der Waals surface area contributed by atoms with Crippen molar-refractivity contribution in [1.82, 2.24) is 5.32 Å². The van der Waals surface area contributed by atoms with Crippen molar-refractivity contribution in [2.24, 2.45) is 0 Å². The molecule has 1 atom stereocenters. The molecule has 0 aromatic rings. The van der Waals surface area contributed by atoms with E-state index in [1.54, 1.807) is 20.8 Å². The molecule has 0 saturated carbocycles. The van der Waals surface area contributed by atoms with Crippen LogP contribution < -0.4 is 5.32 Å². The summed E-state index contributed by atoms with van der Waals surface area (Å²) >= 11 is 4.11. The van der Waals surface area contributed by atoms with Gasteiger partial charge in [-0.3, -0.25) is 0 Å². The molecule has 0 aliphatic carbocycles. The second kappa shape index (κ2) is 9.91. The minimum absolute atomic E-state index is 0.378. The zero-order valence-corrected chi connectivity index (χ0v) is 13.8. The van der Waals surface area contributed by atoms with Gasteiger partial charge in [-0.1, -0.05) is 13.3 Å². The molecule has 0 bridgehead atoms. The van der Waals surface area contributed by atoms with Gasteiger partial charge in [0.2, 0.25) is 0 Å². The third kappa shape index (κ3) is 9.95. The first-order valence-corrected chi connectivity index (χ1v) is 7.70. The Hall–Kier alpha value is -0.910. The van der Waals surface area contributed by atoms with Gasteiger partial charge in [-0.15, -0.1) is 0 Å². The second-order valence-electron chi connectivity index (χ2n) is 5.59. The molecule has 0 aliphatic rings. The lowest BCUT2D eigenvalue weighted by atomic mass is 10.1. The van der Waals surface area contributed by atoms with Gasteiger partial charge in [-0.05, 0) is 45.8 Å². The van der Waals surface area contributed by atoms with Crippen LogP contribution >= 0.6 is 12.6 Å². The normalized spacial score (nSPS) is 12.7. The summed E-state index contributed by atoms with van der Waals surface area (Å²) in [5.41, 5.74) is -0.593. The molecule has 0 saturated heterocycles. The number of esters is 1. The molecule has 0 rings (SSSR count). The number of carbonyl (C=O) groups is 2. The van der Waals surface area contributed by atoms with E-state index < -0.39 is 23.7 Å². The number of hydrogen-bond acceptors (Lipinski definition) is 5. The minimum Gasteiger partial charge on any atom is -0.464 e. The van der Waals surface area contributed by atoms with Crippen LogP contribution in [0.3, 0.4) is 0 Å². The number of amides is 1. The molecular formula is C14H27NO4S. The van der Waals surface area contributed by atoms with Crippen LogP contribution in [0.4, 0.5) is 4.79 Å². The Labute approximate surface area is 127 Å². The van der Waals surface area contributed by atoms with E-state index in [0.29, 0.717) is 25.2 Å². The fourth-order valence-corrected chi connectivity index (χ4v) is 1.59. The number of rotatable bonds is 8. The van der Waals surface area contributed by atoms with Crippen molar-refractivity contribution < 1.29 is 19.1 Å². The lowest BCUT2D eigenvalue weighted by molar-refractivity contribution is -0.146. The van der Waals surface area contributed by atoms with Gasteiger partial charge in [-0.25, -0.2) is 9.59 Å². The highest BCUT2D eigenvalue weighted by atomic mass is 32.1. The van der Waals surface area contributed by atoms with Crippen molar-refractivity contribution in [3.05, 3.63) is 0 Å². The first kappa shape index (κ1) is 19.1. The van der Waals surface area contributed by atoms with Crippen molar-refractivity contribution in [1.29, 1.82) is 0 Å². The summed E-state index contributed by atoms with van der Waals surface area (Å²) in [6.45, 7) is 7.71. The van der Waals surface area contributed by atoms with Crippen molar-refractivity contribution in [3.63, 3.8) is 0 Å². The molecule has 0 heterocycles. The smallest absolute Gasteiger partial charge is 0.408 e. The van der Waals surface area contributed by atoms with Crippen LogP contribution in [0.5, 0.6) is 0 Å². The predicted octanol–water partition coefficient (Wildman–Crippen LogP) is 2.93. The van der Waals surface area contributed by atoms with Crippen LogP contribution in [0.25, 0.3) is 0 Å². The topological polar surface area (TPSA) is 64.6 Å². The fourth-order valence-electron chi connectivity index (χ4n) is 1.41. The quantitative estimate of drug-likeness (QED) is 0.411. The first-order chi connectivity index (χ1) is 9.30. The van der Waals surface area contributed by atoms with E-state index in [1.165, 1.54) is 0 Å². The maximum Gasteiger partial charge on any atom is 0.408 e. The summed E-state index contributed by atoms with van der Waals surface area (Å²) in [6.07, 6.45) is 2.38. The van der Waals surface area contributed by atoms with Crippen molar-refractivity contribution in [2.75, 3.05) is 12.4 Å². The number of alkyl carbamates (subject to hydrolysis) is 1. The number of carbonyl (C=O) groups excluding carboxylic acids is 2. The van der Waals surface area contributed by atoms with E-state index in [9.17, 15) is 9.59 Å². The Balaban J connectivity index is 4.39. The van der Waals surface area contributed by atoms with E-state index in [1.807, 2.05) is 6.92 Å². The van der Waals surface area contributed by atoms with Crippen LogP contribution in [-0.2, 0) is 14.3 Å². The van der Waals surface area contributed by atoms with Crippen molar-refractivity contribution in [2.45, 2.75) is 65.0 Å². The minimum atomic E-state index is -0.672. The molecule has 20 heavy (non-hydrogen) atoms. The number of ether oxygens (including phenoxy) is 2. The van der Waals surface area contributed by atoms with E-state index in [2.05, 4.69) is 17.9 Å². The third-order valence-electron chi connectivity index (χ3n) is 2.37. The standard InChI is InChI=1S/C14H27NO4S/c1-5-6-9-18-12(16)11(8-7-10-20)15-13(17)19-14(2,3)4/h11,20H,5-10H2,1-4H3,(H,15,17)/t11-/m0/s1. The van der Waals surface area contributed by atoms with Crippen LogP contribution in [0.1, 0.15) is 53.4 Å². The van der Waals surface area contributed by atoms with Gasteiger partial charge in [0.15, 0.2) is 0 Å². The molecule has 0 radical (unpaired) electrons. The zero-order valence-electron chi connectivity index (χ0n) is 12.9. The highest BCUT2D eigenvalue weighted by Gasteiger charge is 2.24. The maximum absolute atomic E-state index is 11.9. The van der Waals surface area contributed by atoms with E-state index in [-0.39, 0.29) is 0 Å². The average Bonchev–Trinajstić information content (AvgIpc) is 2.32. The summed E-state index contributed by atoms with van der Waals surface area (Å²) in [4.78, 5) is 23.6. The Morgan fingerprint density at radius 2 is 1.90 bits per heavy atom. The molecule has 6 heteroatoms. The van der Waals surface area contributed by atoms with Crippen LogP contribution in [-0.4, -0.2) is 36.1 Å². The third-order valence-corrected chi connectivity index (χ3v) is 2.68. The zero-order chi connectivity index (χ0) is 15.6. The van der Waals surface area contributed by atoms with Crippen molar-refractivity contribution in [3.8, 4) is 0 Å². The summed E-state index contributed by atoms with van der Waals surface area (Å²) < 4.78 is 10.3. The average molecular weight is 305 g/mol. The maximum atomic E-state index is 11.9. The first-order valence-electron chi connectivity index (χ1n) is 7.07. The van der Waals surface area contributed by atoms with Gasteiger partial charge in [0.25, 0.3) is 0 Å². The molecule has 0 fully saturated rings. The van der Waals surface area contributed by atoms with E-state index >= 15 is 0 Å². The molecule has 1 amide bonds. The molecule has 118 valence electrons. The number of hydrogen-bond donors (Lipinski definition) is 2. The van der Waals surface area contributed by atoms with Crippen molar-refractivity contribution >= 4 is 24.7 Å². The lowest BCUT2D eigenvalue weighted by Gasteiger charge is -2.22. The van der Waals surface area contributed by atoms with Gasteiger partial charge in [-0.2, -0.15) is 12.6 Å². The summed E-state index contributed by atoms with van der Waals surface area (Å²) in [7, 11) is 0. The fraction of sp³-hybridized carbons (Fsp3) is 0.857. The Morgan fingerprint density at radius 1 is 1.25 bits per heavy atom. The second-order valence-corrected chi connectivity index (χ2v) is 6.03. The van der Waals surface area contributed by atoms with E-state index in [0.717, 1.165) is 12.8 Å². The molecule has 1 N–H and O–H groups in total. The molecule has 0 unspecified atom stereocenters. The number of unbranched alkanes of at least 4 members (excludes halogenated alkanes) is 1. The van der Waals surface area contributed by atoms with E-state index in [4.69, 9.17) is 9.47 Å². The number of nitrogens with one attached hydrogen (secondary N) is 1. The summed E-state index contributed by atoms with van der Waals surface area (Å²) in [6, 6.07) is -0.672. The number of thiol groups is 1. The van der Waals surface area contributed by atoms with Gasteiger partial charge < -0.3 is 14.8 Å². The highest BCUT2D eigenvalue weighted by molar-refractivity contribution is 7.80. The largest absolute Gasteiger partial charge is 0.464 e. The van der Waals surface area contributed by atoms with Gasteiger partial charge >= 0.3 is 12.1 Å². The summed E-state index contributed by atoms with van der Waals surface area (Å²) in [5, 5.41) is 2.57. The van der Waals surface area contributed by atoms with Gasteiger partial charge in [0.1, 0.15) is 11.6 Å². The monoisotopic (exact) mass is 305 g/mol. The Morgan fingerprint density at radius 3 is 2.40 bits per heavy atom. The molecule has 0 spiro atoms. The van der Waals surface area contributed by atoms with Gasteiger partial charge in [0.05, 0.1) is 6.61 Å². The SMILES string of the molecule is CCCCOC(=O)[C@H](CCCS)NC(=O)OC(C)(C)C. The summed E-state index contributed by atoms with van der Waals surface area (Å²) in [5.74, 6) is 0.237. The lowest BCUT2D eigenvalue weighted by Crippen LogP contribution is -2.44. The molecule has 5 nitrogen and oxygen atoms in total. The molecule has 0 aliphatic heterocycles. The highest BCUT2D eigenvalue weighted by Crippen LogP contribution is 2.08. The predicted molar refractivity (Wildman–Crippen MR) is 82.1 cm³/mol. The van der Waals surface area contributed by atoms with Crippen LogP contribution in [0, 0.1) is 0 Å². The van der Waals surface area contributed by atoms with Gasteiger partial charge in [0, 0.05) is 0 Å². The van der Waals surface area contributed by atoms with Crippen LogP contribution in [0.2, 0.25) is 0 Å². The Bertz CT molecular complexity index is 302. The molecular weight excluding hydrogens is 278 g/mol. The Kier molecular flexibility index (Phi) is 9.46. The molecule has 0 aromatic heterocycles.